The summed E-state index contributed by atoms with van der Waals surface area (Å²) in [5.41, 5.74) is -0.0964. The van der Waals surface area contributed by atoms with E-state index >= 15 is 0 Å². The number of alkyl halides is 3. The van der Waals surface area contributed by atoms with Gasteiger partial charge in [0, 0.05) is 0 Å². The highest BCUT2D eigenvalue weighted by Crippen LogP contribution is 2.33. The number of rotatable bonds is 6. The van der Waals surface area contributed by atoms with E-state index in [2.05, 4.69) is 12.2 Å². The van der Waals surface area contributed by atoms with Gasteiger partial charge < -0.3 is 5.32 Å². The Morgan fingerprint density at radius 2 is 1.89 bits per heavy atom. The Hall–Kier alpha value is -1.03. The first-order valence-corrected chi connectivity index (χ1v) is 6.28. The lowest BCUT2D eigenvalue weighted by Gasteiger charge is -2.19. The Morgan fingerprint density at radius 3 is 2.44 bits per heavy atom. The third-order valence-corrected chi connectivity index (χ3v) is 3.02. The minimum Gasteiger partial charge on any atom is -0.319 e. The van der Waals surface area contributed by atoms with Crippen LogP contribution in [0.3, 0.4) is 0 Å². The van der Waals surface area contributed by atoms with Gasteiger partial charge in [0.1, 0.15) is 0 Å². The molecule has 1 unspecified atom stereocenters. The maximum Gasteiger partial charge on any atom is 0.416 e. The predicted octanol–water partition coefficient (Wildman–Crippen LogP) is 3.88. The van der Waals surface area contributed by atoms with Crippen LogP contribution in [0.5, 0.6) is 0 Å². The van der Waals surface area contributed by atoms with E-state index in [9.17, 15) is 13.2 Å². The van der Waals surface area contributed by atoms with E-state index in [-0.39, 0.29) is 5.92 Å². The number of hydrogen-bond acceptors (Lipinski definition) is 1. The molecule has 1 aromatic rings. The number of halogens is 3. The van der Waals surface area contributed by atoms with Crippen molar-refractivity contribution in [2.24, 2.45) is 5.92 Å². The molecule has 0 saturated carbocycles. The van der Waals surface area contributed by atoms with Crippen molar-refractivity contribution < 1.29 is 13.2 Å². The lowest BCUT2D eigenvalue weighted by atomic mass is 9.92. The molecule has 102 valence electrons. The molecule has 0 amide bonds. The third-order valence-electron chi connectivity index (χ3n) is 3.02. The van der Waals surface area contributed by atoms with Gasteiger partial charge in [-0.05, 0) is 44.0 Å². The van der Waals surface area contributed by atoms with Crippen LogP contribution >= 0.6 is 0 Å². The molecule has 0 aliphatic carbocycles. The van der Waals surface area contributed by atoms with Gasteiger partial charge in [0.2, 0.25) is 0 Å². The van der Waals surface area contributed by atoms with Crippen molar-refractivity contribution in [3.8, 4) is 0 Å². The molecule has 0 aromatic heterocycles. The standard InChI is InChI=1S/C14H20F3N/c1-3-6-11(10-18-2)9-12-7-4-5-8-13(12)14(15,16)17/h4-5,7-8,11,18H,3,6,9-10H2,1-2H3. The predicted molar refractivity (Wildman–Crippen MR) is 67.5 cm³/mol. The third kappa shape index (κ3) is 4.33. The minimum atomic E-state index is -4.26. The topological polar surface area (TPSA) is 12.0 Å². The molecule has 0 aliphatic rings. The molecule has 18 heavy (non-hydrogen) atoms. The zero-order valence-electron chi connectivity index (χ0n) is 10.8. The molecular weight excluding hydrogens is 239 g/mol. The molecule has 0 fully saturated rings. The van der Waals surface area contributed by atoms with Gasteiger partial charge in [0.05, 0.1) is 5.56 Å². The Labute approximate surface area is 106 Å². The second-order valence-corrected chi connectivity index (χ2v) is 4.57. The van der Waals surface area contributed by atoms with E-state index in [0.717, 1.165) is 25.5 Å². The summed E-state index contributed by atoms with van der Waals surface area (Å²) >= 11 is 0. The van der Waals surface area contributed by atoms with Crippen molar-refractivity contribution in [1.82, 2.24) is 5.32 Å². The monoisotopic (exact) mass is 259 g/mol. The Bertz CT molecular complexity index is 354. The fourth-order valence-electron chi connectivity index (χ4n) is 2.26. The van der Waals surface area contributed by atoms with Crippen molar-refractivity contribution in [2.75, 3.05) is 13.6 Å². The summed E-state index contributed by atoms with van der Waals surface area (Å²) < 4.78 is 38.6. The van der Waals surface area contributed by atoms with Crippen molar-refractivity contribution >= 4 is 0 Å². The molecule has 1 atom stereocenters. The van der Waals surface area contributed by atoms with E-state index in [1.54, 1.807) is 12.1 Å². The van der Waals surface area contributed by atoms with E-state index < -0.39 is 11.7 Å². The van der Waals surface area contributed by atoms with Crippen LogP contribution in [0.4, 0.5) is 13.2 Å². The van der Waals surface area contributed by atoms with Gasteiger partial charge in [-0.2, -0.15) is 13.2 Å². The highest BCUT2D eigenvalue weighted by atomic mass is 19.4. The first kappa shape index (κ1) is 15.0. The largest absolute Gasteiger partial charge is 0.416 e. The van der Waals surface area contributed by atoms with E-state index in [0.29, 0.717) is 12.0 Å². The van der Waals surface area contributed by atoms with Gasteiger partial charge in [0.15, 0.2) is 0 Å². The smallest absolute Gasteiger partial charge is 0.319 e. The van der Waals surface area contributed by atoms with Crippen LogP contribution in [0.2, 0.25) is 0 Å². The fourth-order valence-corrected chi connectivity index (χ4v) is 2.26. The van der Waals surface area contributed by atoms with Gasteiger partial charge in [-0.25, -0.2) is 0 Å². The lowest BCUT2D eigenvalue weighted by Crippen LogP contribution is -2.22. The maximum atomic E-state index is 12.9. The summed E-state index contributed by atoms with van der Waals surface area (Å²) in [4.78, 5) is 0. The first-order valence-electron chi connectivity index (χ1n) is 6.28. The molecule has 0 aliphatic heterocycles. The lowest BCUT2D eigenvalue weighted by molar-refractivity contribution is -0.138. The average molecular weight is 259 g/mol. The van der Waals surface area contributed by atoms with Gasteiger partial charge >= 0.3 is 6.18 Å². The summed E-state index contributed by atoms with van der Waals surface area (Å²) in [7, 11) is 1.83. The molecule has 0 radical (unpaired) electrons. The van der Waals surface area contributed by atoms with Gasteiger partial charge in [-0.3, -0.25) is 0 Å². The maximum absolute atomic E-state index is 12.9. The second kappa shape index (κ2) is 6.78. The molecule has 1 nitrogen and oxygen atoms in total. The average Bonchev–Trinajstić information content (AvgIpc) is 2.29. The van der Waals surface area contributed by atoms with Crippen molar-refractivity contribution in [2.45, 2.75) is 32.4 Å². The Balaban J connectivity index is 2.88. The van der Waals surface area contributed by atoms with Crippen LogP contribution in [0.1, 0.15) is 30.9 Å². The van der Waals surface area contributed by atoms with Gasteiger partial charge in [-0.15, -0.1) is 0 Å². The van der Waals surface area contributed by atoms with Gasteiger partial charge in [0.25, 0.3) is 0 Å². The van der Waals surface area contributed by atoms with Gasteiger partial charge in [-0.1, -0.05) is 31.5 Å². The zero-order chi connectivity index (χ0) is 13.6. The number of nitrogens with one attached hydrogen (secondary N) is 1. The number of benzene rings is 1. The fraction of sp³-hybridized carbons (Fsp3) is 0.571. The van der Waals surface area contributed by atoms with Crippen LogP contribution in [0.15, 0.2) is 24.3 Å². The zero-order valence-corrected chi connectivity index (χ0v) is 10.8. The van der Waals surface area contributed by atoms with E-state index in [1.807, 2.05) is 7.05 Å². The normalized spacial score (nSPS) is 13.6. The quantitative estimate of drug-likeness (QED) is 0.817. The van der Waals surface area contributed by atoms with Crippen LogP contribution in [0.25, 0.3) is 0 Å². The minimum absolute atomic E-state index is 0.253. The summed E-state index contributed by atoms with van der Waals surface area (Å²) in [6.07, 6.45) is -1.86. The van der Waals surface area contributed by atoms with Crippen molar-refractivity contribution in [3.63, 3.8) is 0 Å². The van der Waals surface area contributed by atoms with Crippen molar-refractivity contribution in [1.29, 1.82) is 0 Å². The molecule has 0 saturated heterocycles. The summed E-state index contributed by atoms with van der Waals surface area (Å²) in [5, 5.41) is 3.05. The highest BCUT2D eigenvalue weighted by Gasteiger charge is 2.33. The van der Waals surface area contributed by atoms with Crippen LogP contribution < -0.4 is 5.32 Å². The molecule has 1 aromatic carbocycles. The Morgan fingerprint density at radius 1 is 1.22 bits per heavy atom. The molecule has 0 heterocycles. The summed E-state index contributed by atoms with van der Waals surface area (Å²) in [5.74, 6) is 0.253. The number of hydrogen-bond donors (Lipinski definition) is 1. The molecule has 1 rings (SSSR count). The molecule has 0 bridgehead atoms. The molecule has 0 spiro atoms. The molecule has 4 heteroatoms. The molecule has 1 N–H and O–H groups in total. The summed E-state index contributed by atoms with van der Waals surface area (Å²) in [6.45, 7) is 2.80. The van der Waals surface area contributed by atoms with Crippen LogP contribution in [-0.2, 0) is 12.6 Å². The van der Waals surface area contributed by atoms with Crippen molar-refractivity contribution in [3.05, 3.63) is 35.4 Å². The Kier molecular flexibility index (Phi) is 5.66. The highest BCUT2D eigenvalue weighted by molar-refractivity contribution is 5.30. The SMILES string of the molecule is CCCC(CNC)Cc1ccccc1C(F)(F)F. The molecular formula is C14H20F3N. The first-order chi connectivity index (χ1) is 8.49. The van der Waals surface area contributed by atoms with E-state index in [1.165, 1.54) is 6.07 Å². The van der Waals surface area contributed by atoms with Crippen LogP contribution in [-0.4, -0.2) is 13.6 Å². The van der Waals surface area contributed by atoms with Crippen LogP contribution in [0, 0.1) is 5.92 Å². The second-order valence-electron chi connectivity index (χ2n) is 4.57. The van der Waals surface area contributed by atoms with E-state index in [4.69, 9.17) is 0 Å². The summed E-state index contributed by atoms with van der Waals surface area (Å²) in [6, 6.07) is 5.87.